The van der Waals surface area contributed by atoms with Crippen LogP contribution in [0.1, 0.15) is 43.7 Å². The molecule has 1 unspecified atom stereocenters. The summed E-state index contributed by atoms with van der Waals surface area (Å²) in [6.07, 6.45) is 5.45. The molecule has 1 aliphatic carbocycles. The molecule has 0 bridgehead atoms. The third-order valence-corrected chi connectivity index (χ3v) is 4.97. The van der Waals surface area contributed by atoms with Gasteiger partial charge in [0, 0.05) is 17.5 Å². The van der Waals surface area contributed by atoms with Crippen molar-refractivity contribution in [3.8, 4) is 0 Å². The molecule has 1 fully saturated rings. The van der Waals surface area contributed by atoms with Gasteiger partial charge >= 0.3 is 0 Å². The molecule has 1 aliphatic heterocycles. The molecule has 1 aromatic heterocycles. The van der Waals surface area contributed by atoms with E-state index in [0.29, 0.717) is 6.04 Å². The maximum absolute atomic E-state index is 12.5. The third-order valence-electron chi connectivity index (χ3n) is 3.79. The van der Waals surface area contributed by atoms with Crippen LogP contribution in [-0.4, -0.2) is 29.5 Å². The quantitative estimate of drug-likeness (QED) is 0.922. The van der Waals surface area contributed by atoms with Crippen molar-refractivity contribution in [3.05, 3.63) is 10.6 Å². The molecule has 3 rings (SSSR count). The number of rotatable bonds is 3. The molecule has 0 spiro atoms. The molecular weight excluding hydrogens is 258 g/mol. The fourth-order valence-electron chi connectivity index (χ4n) is 2.91. The van der Waals surface area contributed by atoms with Crippen molar-refractivity contribution < 1.29 is 4.79 Å². The lowest BCUT2D eigenvalue weighted by molar-refractivity contribution is -0.121. The normalized spacial score (nSPS) is 23.2. The second kappa shape index (κ2) is 5.21. The van der Waals surface area contributed by atoms with Crippen molar-refractivity contribution in [3.63, 3.8) is 0 Å². The van der Waals surface area contributed by atoms with Crippen LogP contribution >= 0.6 is 11.3 Å². The summed E-state index contributed by atoms with van der Waals surface area (Å²) in [7, 11) is 0. The number of carbonyl (C=O) groups is 1. The van der Waals surface area contributed by atoms with Crippen molar-refractivity contribution in [2.75, 3.05) is 11.4 Å². The Labute approximate surface area is 118 Å². The van der Waals surface area contributed by atoms with Gasteiger partial charge in [-0.15, -0.1) is 11.3 Å². The number of aromatic nitrogens is 1. The number of anilines is 1. The third kappa shape index (κ3) is 2.54. The Morgan fingerprint density at radius 2 is 2.21 bits per heavy atom. The number of hydrogen-bond donors (Lipinski definition) is 1. The first-order valence-corrected chi connectivity index (χ1v) is 8.03. The Balaban J connectivity index is 1.77. The SMILES string of the molecule is CC(C)NC1CCCN(c2nc3c(s2)CCC3)C1=O. The van der Waals surface area contributed by atoms with E-state index in [-0.39, 0.29) is 11.9 Å². The second-order valence-electron chi connectivity index (χ2n) is 5.73. The molecular formula is C14H21N3OS. The van der Waals surface area contributed by atoms with E-state index in [1.54, 1.807) is 11.3 Å². The molecule has 1 aromatic rings. The molecule has 19 heavy (non-hydrogen) atoms. The number of amides is 1. The van der Waals surface area contributed by atoms with Gasteiger partial charge in [-0.2, -0.15) is 0 Å². The maximum Gasteiger partial charge on any atom is 0.245 e. The van der Waals surface area contributed by atoms with Gasteiger partial charge in [0.2, 0.25) is 5.91 Å². The lowest BCUT2D eigenvalue weighted by atomic mass is 10.0. The molecule has 0 aromatic carbocycles. The van der Waals surface area contributed by atoms with Crippen LogP contribution in [0.4, 0.5) is 5.13 Å². The highest BCUT2D eigenvalue weighted by molar-refractivity contribution is 7.16. The van der Waals surface area contributed by atoms with Gasteiger partial charge in [-0.1, -0.05) is 13.8 Å². The Hall–Kier alpha value is -0.940. The first-order chi connectivity index (χ1) is 9.15. The Morgan fingerprint density at radius 3 is 2.95 bits per heavy atom. The molecule has 2 heterocycles. The Morgan fingerprint density at radius 1 is 1.37 bits per heavy atom. The van der Waals surface area contributed by atoms with E-state index < -0.39 is 0 Å². The van der Waals surface area contributed by atoms with E-state index in [1.165, 1.54) is 17.0 Å². The van der Waals surface area contributed by atoms with Crippen LogP contribution in [0.3, 0.4) is 0 Å². The highest BCUT2D eigenvalue weighted by atomic mass is 32.1. The average Bonchev–Trinajstić information content (AvgIpc) is 2.91. The van der Waals surface area contributed by atoms with Crippen LogP contribution in [0.2, 0.25) is 0 Å². The summed E-state index contributed by atoms with van der Waals surface area (Å²) >= 11 is 1.72. The smallest absolute Gasteiger partial charge is 0.245 e. The fourth-order valence-corrected chi connectivity index (χ4v) is 4.09. The second-order valence-corrected chi connectivity index (χ2v) is 6.79. The van der Waals surface area contributed by atoms with Crippen molar-refractivity contribution >= 4 is 22.4 Å². The van der Waals surface area contributed by atoms with Crippen molar-refractivity contribution in [2.45, 2.75) is 58.0 Å². The van der Waals surface area contributed by atoms with Gasteiger partial charge in [0.1, 0.15) is 0 Å². The molecule has 1 atom stereocenters. The molecule has 5 heteroatoms. The number of hydrogen-bond acceptors (Lipinski definition) is 4. The number of nitrogens with zero attached hydrogens (tertiary/aromatic N) is 2. The minimum absolute atomic E-state index is 0.0347. The minimum atomic E-state index is -0.0347. The predicted molar refractivity (Wildman–Crippen MR) is 77.8 cm³/mol. The molecule has 0 saturated carbocycles. The van der Waals surface area contributed by atoms with Crippen LogP contribution in [-0.2, 0) is 17.6 Å². The summed E-state index contributed by atoms with van der Waals surface area (Å²) in [5.41, 5.74) is 1.23. The number of piperidine rings is 1. The average molecular weight is 279 g/mol. The molecule has 1 saturated heterocycles. The molecule has 0 radical (unpaired) electrons. The summed E-state index contributed by atoms with van der Waals surface area (Å²) in [4.78, 5) is 20.5. The van der Waals surface area contributed by atoms with Gasteiger partial charge in [-0.05, 0) is 32.1 Å². The van der Waals surface area contributed by atoms with Crippen LogP contribution in [0.5, 0.6) is 0 Å². The fraction of sp³-hybridized carbons (Fsp3) is 0.714. The molecule has 1 N–H and O–H groups in total. The Bertz CT molecular complexity index is 462. The summed E-state index contributed by atoms with van der Waals surface area (Å²) in [5.74, 6) is 0.201. The summed E-state index contributed by atoms with van der Waals surface area (Å²) in [6, 6.07) is 0.308. The summed E-state index contributed by atoms with van der Waals surface area (Å²) in [6.45, 7) is 5.00. The van der Waals surface area contributed by atoms with Gasteiger partial charge in [0.05, 0.1) is 11.7 Å². The molecule has 104 valence electrons. The van der Waals surface area contributed by atoms with Crippen LogP contribution in [0.25, 0.3) is 0 Å². The zero-order chi connectivity index (χ0) is 13.4. The number of nitrogens with one attached hydrogen (secondary N) is 1. The summed E-state index contributed by atoms with van der Waals surface area (Å²) in [5, 5.41) is 4.29. The highest BCUT2D eigenvalue weighted by Gasteiger charge is 2.32. The predicted octanol–water partition coefficient (Wildman–Crippen LogP) is 2.13. The van der Waals surface area contributed by atoms with Crippen LogP contribution in [0.15, 0.2) is 0 Å². The standard InChI is InChI=1S/C14H21N3OS/c1-9(2)15-11-6-4-8-17(13(11)18)14-16-10-5-3-7-12(10)19-14/h9,11,15H,3-8H2,1-2H3. The maximum atomic E-state index is 12.5. The topological polar surface area (TPSA) is 45.2 Å². The summed E-state index contributed by atoms with van der Waals surface area (Å²) < 4.78 is 0. The van der Waals surface area contributed by atoms with E-state index in [4.69, 9.17) is 0 Å². The van der Waals surface area contributed by atoms with Gasteiger partial charge in [-0.3, -0.25) is 9.69 Å². The number of fused-ring (bicyclic) bond motifs is 1. The minimum Gasteiger partial charge on any atom is -0.304 e. The first-order valence-electron chi connectivity index (χ1n) is 7.21. The molecule has 4 nitrogen and oxygen atoms in total. The Kier molecular flexibility index (Phi) is 3.58. The number of aryl methyl sites for hydroxylation is 2. The van der Waals surface area contributed by atoms with Crippen molar-refractivity contribution in [1.82, 2.24) is 10.3 Å². The monoisotopic (exact) mass is 279 g/mol. The lowest BCUT2D eigenvalue weighted by Crippen LogP contribution is -2.52. The van der Waals surface area contributed by atoms with E-state index in [1.807, 2.05) is 4.90 Å². The van der Waals surface area contributed by atoms with E-state index >= 15 is 0 Å². The molecule has 2 aliphatic rings. The van der Waals surface area contributed by atoms with Gasteiger partial charge in [0.15, 0.2) is 5.13 Å². The van der Waals surface area contributed by atoms with E-state index in [0.717, 1.165) is 37.4 Å². The molecule has 1 amide bonds. The zero-order valence-electron chi connectivity index (χ0n) is 11.6. The lowest BCUT2D eigenvalue weighted by Gasteiger charge is -2.32. The highest BCUT2D eigenvalue weighted by Crippen LogP contribution is 2.34. The van der Waals surface area contributed by atoms with E-state index in [9.17, 15) is 4.79 Å². The van der Waals surface area contributed by atoms with Gasteiger partial charge < -0.3 is 5.32 Å². The van der Waals surface area contributed by atoms with Gasteiger partial charge in [0.25, 0.3) is 0 Å². The van der Waals surface area contributed by atoms with Crippen LogP contribution < -0.4 is 10.2 Å². The number of carbonyl (C=O) groups excluding carboxylic acids is 1. The first kappa shape index (κ1) is 13.1. The van der Waals surface area contributed by atoms with Gasteiger partial charge in [-0.25, -0.2) is 4.98 Å². The number of thiazole rings is 1. The van der Waals surface area contributed by atoms with Crippen LogP contribution in [0, 0.1) is 0 Å². The largest absolute Gasteiger partial charge is 0.304 e. The zero-order valence-corrected chi connectivity index (χ0v) is 12.4. The van der Waals surface area contributed by atoms with E-state index in [2.05, 4.69) is 24.1 Å². The van der Waals surface area contributed by atoms with Crippen molar-refractivity contribution in [2.24, 2.45) is 0 Å². The van der Waals surface area contributed by atoms with Crippen molar-refractivity contribution in [1.29, 1.82) is 0 Å².